The fourth-order valence-corrected chi connectivity index (χ4v) is 3.76. The second kappa shape index (κ2) is 8.90. The zero-order chi connectivity index (χ0) is 20.1. The van der Waals surface area contributed by atoms with Gasteiger partial charge < -0.3 is 19.9 Å². The number of halogens is 1. The number of guanidine groups is 1. The van der Waals surface area contributed by atoms with Gasteiger partial charge in [0.2, 0.25) is 0 Å². The molecule has 2 aliphatic heterocycles. The summed E-state index contributed by atoms with van der Waals surface area (Å²) >= 11 is 0. The highest BCUT2D eigenvalue weighted by Gasteiger charge is 2.31. The summed E-state index contributed by atoms with van der Waals surface area (Å²) in [5.74, 6) is 0.711. The molecule has 28 heavy (non-hydrogen) atoms. The van der Waals surface area contributed by atoms with Crippen LogP contribution in [-0.2, 0) is 14.9 Å². The Kier molecular flexibility index (Phi) is 6.54. The Morgan fingerprint density at radius 1 is 1.29 bits per heavy atom. The van der Waals surface area contributed by atoms with Crippen LogP contribution in [0.25, 0.3) is 0 Å². The van der Waals surface area contributed by atoms with Crippen LogP contribution in [0.15, 0.2) is 29.3 Å². The number of carbonyl (C=O) groups is 1. The molecule has 0 bridgehead atoms. The second-order valence-corrected chi connectivity index (χ2v) is 8.11. The van der Waals surface area contributed by atoms with E-state index in [2.05, 4.69) is 29.1 Å². The Morgan fingerprint density at radius 2 is 2.00 bits per heavy atom. The Balaban J connectivity index is 1.52. The van der Waals surface area contributed by atoms with Crippen LogP contribution >= 0.6 is 0 Å². The Labute approximate surface area is 166 Å². The average molecular weight is 391 g/mol. The van der Waals surface area contributed by atoms with Crippen molar-refractivity contribution < 1.29 is 13.9 Å². The standard InChI is InChI=1S/C21H31FN4O2/c1-21(2,16-6-4-7-17(22)14-16)15-24-20(23-3)26-11-9-25(10-12-26)19(27)18-8-5-13-28-18/h4,6-7,14,18H,5,8-13,15H2,1-3H3,(H,23,24). The lowest BCUT2D eigenvalue weighted by Crippen LogP contribution is -2.56. The van der Waals surface area contributed by atoms with E-state index in [1.165, 1.54) is 6.07 Å². The third-order valence-electron chi connectivity index (χ3n) is 5.60. The van der Waals surface area contributed by atoms with Crippen LogP contribution in [-0.4, -0.2) is 74.1 Å². The van der Waals surface area contributed by atoms with Crippen molar-refractivity contribution in [3.63, 3.8) is 0 Å². The molecule has 0 aliphatic carbocycles. The van der Waals surface area contributed by atoms with Crippen LogP contribution in [0.5, 0.6) is 0 Å². The van der Waals surface area contributed by atoms with Gasteiger partial charge in [-0.15, -0.1) is 0 Å². The molecular weight excluding hydrogens is 359 g/mol. The van der Waals surface area contributed by atoms with Gasteiger partial charge in [-0.25, -0.2) is 4.39 Å². The molecule has 2 heterocycles. The van der Waals surface area contributed by atoms with E-state index in [9.17, 15) is 9.18 Å². The summed E-state index contributed by atoms with van der Waals surface area (Å²) in [5.41, 5.74) is 0.706. The number of hydrogen-bond acceptors (Lipinski definition) is 3. The van der Waals surface area contributed by atoms with Gasteiger partial charge in [0.15, 0.2) is 5.96 Å². The van der Waals surface area contributed by atoms with Crippen molar-refractivity contribution in [3.8, 4) is 0 Å². The summed E-state index contributed by atoms with van der Waals surface area (Å²) in [4.78, 5) is 21.0. The van der Waals surface area contributed by atoms with Crippen LogP contribution in [0, 0.1) is 5.82 Å². The normalized spacial score (nSPS) is 21.1. The average Bonchev–Trinajstić information content (AvgIpc) is 3.23. The van der Waals surface area contributed by atoms with E-state index in [0.717, 1.165) is 37.5 Å². The van der Waals surface area contributed by atoms with Crippen molar-refractivity contribution >= 4 is 11.9 Å². The Morgan fingerprint density at radius 3 is 2.61 bits per heavy atom. The number of aliphatic imine (C=N–C) groups is 1. The van der Waals surface area contributed by atoms with Gasteiger partial charge in [-0.3, -0.25) is 9.79 Å². The fraction of sp³-hybridized carbons (Fsp3) is 0.619. The van der Waals surface area contributed by atoms with Crippen molar-refractivity contribution in [2.45, 2.75) is 38.2 Å². The van der Waals surface area contributed by atoms with Crippen LogP contribution < -0.4 is 5.32 Å². The monoisotopic (exact) mass is 390 g/mol. The van der Waals surface area contributed by atoms with E-state index >= 15 is 0 Å². The molecule has 154 valence electrons. The van der Waals surface area contributed by atoms with Crippen molar-refractivity contribution in [2.75, 3.05) is 46.4 Å². The molecule has 1 unspecified atom stereocenters. The lowest BCUT2D eigenvalue weighted by atomic mass is 9.84. The summed E-state index contributed by atoms with van der Waals surface area (Å²) in [6, 6.07) is 6.73. The quantitative estimate of drug-likeness (QED) is 0.631. The first-order chi connectivity index (χ1) is 13.4. The van der Waals surface area contributed by atoms with Gasteiger partial charge in [-0.2, -0.15) is 0 Å². The van der Waals surface area contributed by atoms with Crippen molar-refractivity contribution in [1.82, 2.24) is 15.1 Å². The van der Waals surface area contributed by atoms with E-state index < -0.39 is 0 Å². The molecule has 1 N–H and O–H groups in total. The van der Waals surface area contributed by atoms with E-state index in [4.69, 9.17) is 4.74 Å². The van der Waals surface area contributed by atoms with Crippen molar-refractivity contribution in [2.24, 2.45) is 4.99 Å². The predicted octanol–water partition coefficient (Wildman–Crippen LogP) is 2.00. The summed E-state index contributed by atoms with van der Waals surface area (Å²) in [6.07, 6.45) is 1.54. The van der Waals surface area contributed by atoms with Gasteiger partial charge >= 0.3 is 0 Å². The van der Waals surface area contributed by atoms with Gasteiger partial charge in [0.05, 0.1) is 0 Å². The molecule has 2 aliphatic rings. The summed E-state index contributed by atoms with van der Waals surface area (Å²) < 4.78 is 19.1. The second-order valence-electron chi connectivity index (χ2n) is 8.11. The highest BCUT2D eigenvalue weighted by Crippen LogP contribution is 2.23. The van der Waals surface area contributed by atoms with Gasteiger partial charge in [-0.05, 0) is 30.5 Å². The largest absolute Gasteiger partial charge is 0.368 e. The molecule has 0 spiro atoms. The molecular formula is C21H31FN4O2. The number of hydrogen-bond donors (Lipinski definition) is 1. The summed E-state index contributed by atoms with van der Waals surface area (Å²) in [5, 5.41) is 3.42. The fourth-order valence-electron chi connectivity index (χ4n) is 3.76. The molecule has 0 radical (unpaired) electrons. The molecule has 1 atom stereocenters. The third-order valence-corrected chi connectivity index (χ3v) is 5.60. The molecule has 6 nitrogen and oxygen atoms in total. The molecule has 1 amide bonds. The number of benzene rings is 1. The first kappa shape index (κ1) is 20.6. The molecule has 1 aromatic carbocycles. The van der Waals surface area contributed by atoms with Gasteiger partial charge in [0, 0.05) is 51.8 Å². The van der Waals surface area contributed by atoms with Crippen LogP contribution in [0.3, 0.4) is 0 Å². The van der Waals surface area contributed by atoms with Gasteiger partial charge in [0.25, 0.3) is 5.91 Å². The number of carbonyl (C=O) groups excluding carboxylic acids is 1. The van der Waals surface area contributed by atoms with Crippen molar-refractivity contribution in [3.05, 3.63) is 35.6 Å². The minimum absolute atomic E-state index is 0.118. The Hall–Kier alpha value is -2.15. The number of nitrogens with zero attached hydrogens (tertiary/aromatic N) is 3. The maximum atomic E-state index is 13.6. The number of nitrogens with one attached hydrogen (secondary N) is 1. The minimum atomic E-state index is -0.254. The highest BCUT2D eigenvalue weighted by atomic mass is 19.1. The summed E-state index contributed by atoms with van der Waals surface area (Å²) in [7, 11) is 1.77. The maximum absolute atomic E-state index is 13.6. The SMILES string of the molecule is CN=C(NCC(C)(C)c1cccc(F)c1)N1CCN(C(=O)C2CCCO2)CC1. The number of amides is 1. The van der Waals surface area contributed by atoms with E-state index in [1.54, 1.807) is 19.2 Å². The molecule has 7 heteroatoms. The van der Waals surface area contributed by atoms with E-state index in [-0.39, 0.29) is 23.2 Å². The molecule has 0 saturated carbocycles. The minimum Gasteiger partial charge on any atom is -0.368 e. The smallest absolute Gasteiger partial charge is 0.251 e. The predicted molar refractivity (Wildman–Crippen MR) is 108 cm³/mol. The lowest BCUT2D eigenvalue weighted by Gasteiger charge is -2.38. The van der Waals surface area contributed by atoms with Crippen LogP contribution in [0.4, 0.5) is 4.39 Å². The first-order valence-corrected chi connectivity index (χ1v) is 10.0. The van der Waals surface area contributed by atoms with Gasteiger partial charge in [-0.1, -0.05) is 26.0 Å². The molecule has 2 fully saturated rings. The zero-order valence-corrected chi connectivity index (χ0v) is 17.1. The van der Waals surface area contributed by atoms with Crippen LogP contribution in [0.2, 0.25) is 0 Å². The molecule has 2 saturated heterocycles. The Bertz CT molecular complexity index is 708. The maximum Gasteiger partial charge on any atom is 0.251 e. The van der Waals surface area contributed by atoms with Crippen molar-refractivity contribution in [1.29, 1.82) is 0 Å². The third kappa shape index (κ3) is 4.82. The topological polar surface area (TPSA) is 57.2 Å². The van der Waals surface area contributed by atoms with E-state index in [1.807, 2.05) is 11.0 Å². The van der Waals surface area contributed by atoms with Crippen LogP contribution in [0.1, 0.15) is 32.3 Å². The summed E-state index contributed by atoms with van der Waals surface area (Å²) in [6.45, 7) is 8.31. The molecule has 1 aromatic rings. The van der Waals surface area contributed by atoms with Gasteiger partial charge in [0.1, 0.15) is 11.9 Å². The molecule has 3 rings (SSSR count). The number of ether oxygens (including phenoxy) is 1. The lowest BCUT2D eigenvalue weighted by molar-refractivity contribution is -0.142. The highest BCUT2D eigenvalue weighted by molar-refractivity contribution is 5.82. The van der Waals surface area contributed by atoms with E-state index in [0.29, 0.717) is 26.2 Å². The molecule has 0 aromatic heterocycles. The first-order valence-electron chi connectivity index (χ1n) is 10.0. The number of rotatable bonds is 4. The zero-order valence-electron chi connectivity index (χ0n) is 17.1. The number of piperazine rings is 1.